The second kappa shape index (κ2) is 8.53. The highest BCUT2D eigenvalue weighted by atomic mass is 35.5. The summed E-state index contributed by atoms with van der Waals surface area (Å²) < 4.78 is 26.0. The van der Waals surface area contributed by atoms with Gasteiger partial charge < -0.3 is 10.2 Å². The molecule has 0 aliphatic rings. The first-order chi connectivity index (χ1) is 12.3. The van der Waals surface area contributed by atoms with Crippen LogP contribution in [-0.2, 0) is 10.0 Å². The Morgan fingerprint density at radius 3 is 2.23 bits per heavy atom. The summed E-state index contributed by atoms with van der Waals surface area (Å²) in [4.78, 5) is 14.7. The normalized spacial score (nSPS) is 11.2. The lowest BCUT2D eigenvalue weighted by Crippen LogP contribution is -2.21. The maximum Gasteiger partial charge on any atom is 0.257 e. The molecule has 0 aromatic heterocycles. The first-order valence-corrected chi connectivity index (χ1v) is 10.1. The van der Waals surface area contributed by atoms with Gasteiger partial charge in [0, 0.05) is 24.5 Å². The molecule has 0 unspecified atom stereocenters. The van der Waals surface area contributed by atoms with E-state index in [1.807, 2.05) is 12.1 Å². The summed E-state index contributed by atoms with van der Waals surface area (Å²) >= 11 is 6.07. The minimum absolute atomic E-state index is 0.0218. The molecule has 0 heterocycles. The number of halogens is 1. The van der Waals surface area contributed by atoms with E-state index >= 15 is 0 Å². The summed E-state index contributed by atoms with van der Waals surface area (Å²) in [5.74, 6) is -0.473. The second-order valence-electron chi connectivity index (χ2n) is 5.52. The van der Waals surface area contributed by atoms with Crippen LogP contribution in [0.15, 0.2) is 47.4 Å². The third kappa shape index (κ3) is 4.55. The summed E-state index contributed by atoms with van der Waals surface area (Å²) in [5.41, 5.74) is 1.76. The van der Waals surface area contributed by atoms with Gasteiger partial charge in [0.2, 0.25) is 10.0 Å². The first-order valence-electron chi connectivity index (χ1n) is 8.21. The standard InChI is InChI=1S/C18H22ClN3O3S/c1-4-22(5-2)14-8-6-13(7-9-14)21-18(23)16-12-15(10-11-17(16)19)26(24,25)20-3/h6-12,20H,4-5H2,1-3H3,(H,21,23). The molecule has 140 valence electrons. The van der Waals surface area contributed by atoms with Gasteiger partial charge in [-0.05, 0) is 63.4 Å². The Labute approximate surface area is 159 Å². The van der Waals surface area contributed by atoms with Crippen molar-refractivity contribution in [1.82, 2.24) is 4.72 Å². The molecule has 26 heavy (non-hydrogen) atoms. The van der Waals surface area contributed by atoms with Crippen LogP contribution in [0.25, 0.3) is 0 Å². The Bertz CT molecular complexity index is 879. The SMILES string of the molecule is CCN(CC)c1ccc(NC(=O)c2cc(S(=O)(=O)NC)ccc2Cl)cc1. The fourth-order valence-corrected chi connectivity index (χ4v) is 3.47. The van der Waals surface area contributed by atoms with Crippen LogP contribution in [-0.4, -0.2) is 34.5 Å². The monoisotopic (exact) mass is 395 g/mol. The highest BCUT2D eigenvalue weighted by Crippen LogP contribution is 2.23. The average molecular weight is 396 g/mol. The lowest BCUT2D eigenvalue weighted by Gasteiger charge is -2.21. The number of nitrogens with zero attached hydrogens (tertiary/aromatic N) is 1. The van der Waals surface area contributed by atoms with Crippen molar-refractivity contribution in [2.75, 3.05) is 30.4 Å². The molecule has 0 fully saturated rings. The van der Waals surface area contributed by atoms with E-state index in [0.717, 1.165) is 18.8 Å². The minimum Gasteiger partial charge on any atom is -0.372 e. The summed E-state index contributed by atoms with van der Waals surface area (Å²) in [5, 5.41) is 2.92. The number of benzene rings is 2. The number of hydrogen-bond donors (Lipinski definition) is 2. The van der Waals surface area contributed by atoms with Crippen LogP contribution in [0, 0.1) is 0 Å². The van der Waals surface area contributed by atoms with E-state index in [2.05, 4.69) is 28.8 Å². The lowest BCUT2D eigenvalue weighted by atomic mass is 10.2. The van der Waals surface area contributed by atoms with Gasteiger partial charge in [-0.25, -0.2) is 13.1 Å². The van der Waals surface area contributed by atoms with Gasteiger partial charge in [-0.15, -0.1) is 0 Å². The Kier molecular flexibility index (Phi) is 6.63. The van der Waals surface area contributed by atoms with E-state index < -0.39 is 15.9 Å². The van der Waals surface area contributed by atoms with E-state index in [1.165, 1.54) is 25.2 Å². The molecule has 2 aromatic carbocycles. The molecule has 0 radical (unpaired) electrons. The molecule has 0 saturated heterocycles. The maximum atomic E-state index is 12.5. The molecule has 2 aromatic rings. The molecule has 2 N–H and O–H groups in total. The Morgan fingerprint density at radius 2 is 1.69 bits per heavy atom. The third-order valence-electron chi connectivity index (χ3n) is 4.02. The number of sulfonamides is 1. The molecule has 0 aliphatic heterocycles. The molecule has 0 spiro atoms. The number of carbonyl (C=O) groups is 1. The fourth-order valence-electron chi connectivity index (χ4n) is 2.51. The molecule has 1 amide bonds. The summed E-state index contributed by atoms with van der Waals surface area (Å²) in [6.07, 6.45) is 0. The zero-order chi connectivity index (χ0) is 19.3. The topological polar surface area (TPSA) is 78.5 Å². The van der Waals surface area contributed by atoms with Crippen LogP contribution in [0.5, 0.6) is 0 Å². The number of amides is 1. The predicted octanol–water partition coefficient (Wildman–Crippen LogP) is 3.35. The number of hydrogen-bond acceptors (Lipinski definition) is 4. The molecule has 0 saturated carbocycles. The predicted molar refractivity (Wildman–Crippen MR) is 106 cm³/mol. The van der Waals surface area contributed by atoms with Gasteiger partial charge >= 0.3 is 0 Å². The van der Waals surface area contributed by atoms with Gasteiger partial charge in [-0.2, -0.15) is 0 Å². The van der Waals surface area contributed by atoms with Crippen molar-refractivity contribution in [3.63, 3.8) is 0 Å². The van der Waals surface area contributed by atoms with Crippen LogP contribution in [0.1, 0.15) is 24.2 Å². The number of anilines is 2. The van der Waals surface area contributed by atoms with Crippen LogP contribution >= 0.6 is 11.6 Å². The van der Waals surface area contributed by atoms with Gasteiger partial charge in [0.05, 0.1) is 15.5 Å². The van der Waals surface area contributed by atoms with Crippen molar-refractivity contribution >= 4 is 38.9 Å². The van der Waals surface area contributed by atoms with Gasteiger partial charge in [-0.3, -0.25) is 4.79 Å². The van der Waals surface area contributed by atoms with Crippen molar-refractivity contribution in [2.45, 2.75) is 18.7 Å². The molecular formula is C18H22ClN3O3S. The van der Waals surface area contributed by atoms with Gasteiger partial charge in [0.1, 0.15) is 0 Å². The number of carbonyl (C=O) groups excluding carboxylic acids is 1. The van der Waals surface area contributed by atoms with Crippen molar-refractivity contribution in [3.05, 3.63) is 53.1 Å². The van der Waals surface area contributed by atoms with Crippen LogP contribution in [0.3, 0.4) is 0 Å². The quantitative estimate of drug-likeness (QED) is 0.753. The summed E-state index contributed by atoms with van der Waals surface area (Å²) in [7, 11) is -2.35. The average Bonchev–Trinajstić information content (AvgIpc) is 2.64. The zero-order valence-electron chi connectivity index (χ0n) is 14.9. The van der Waals surface area contributed by atoms with E-state index in [4.69, 9.17) is 11.6 Å². The van der Waals surface area contributed by atoms with Crippen LogP contribution in [0.4, 0.5) is 11.4 Å². The minimum atomic E-state index is -3.66. The zero-order valence-corrected chi connectivity index (χ0v) is 16.5. The maximum absolute atomic E-state index is 12.5. The highest BCUT2D eigenvalue weighted by molar-refractivity contribution is 7.89. The van der Waals surface area contributed by atoms with E-state index in [0.29, 0.717) is 5.69 Å². The Balaban J connectivity index is 2.24. The molecule has 2 rings (SSSR count). The second-order valence-corrected chi connectivity index (χ2v) is 7.82. The van der Waals surface area contributed by atoms with Gasteiger partial charge in [0.15, 0.2) is 0 Å². The molecular weight excluding hydrogens is 374 g/mol. The first kappa shape index (κ1) is 20.2. The molecule has 0 aliphatic carbocycles. The Morgan fingerprint density at radius 1 is 1.08 bits per heavy atom. The van der Waals surface area contributed by atoms with E-state index in [9.17, 15) is 13.2 Å². The number of nitrogens with one attached hydrogen (secondary N) is 2. The van der Waals surface area contributed by atoms with E-state index in [1.54, 1.807) is 12.1 Å². The third-order valence-corrected chi connectivity index (χ3v) is 5.76. The van der Waals surface area contributed by atoms with Crippen LogP contribution < -0.4 is 14.9 Å². The van der Waals surface area contributed by atoms with Crippen molar-refractivity contribution in [2.24, 2.45) is 0 Å². The van der Waals surface area contributed by atoms with Crippen molar-refractivity contribution in [1.29, 1.82) is 0 Å². The van der Waals surface area contributed by atoms with Crippen LogP contribution in [0.2, 0.25) is 5.02 Å². The summed E-state index contributed by atoms with van der Waals surface area (Å²) in [6.45, 7) is 5.94. The van der Waals surface area contributed by atoms with Crippen molar-refractivity contribution < 1.29 is 13.2 Å². The van der Waals surface area contributed by atoms with Crippen molar-refractivity contribution in [3.8, 4) is 0 Å². The number of rotatable bonds is 7. The summed E-state index contributed by atoms with van der Waals surface area (Å²) in [6, 6.07) is 11.4. The van der Waals surface area contributed by atoms with Gasteiger partial charge in [0.25, 0.3) is 5.91 Å². The Hall–Kier alpha value is -2.09. The molecule has 0 atom stereocenters. The molecule has 6 nitrogen and oxygen atoms in total. The molecule has 0 bridgehead atoms. The molecule has 8 heteroatoms. The highest BCUT2D eigenvalue weighted by Gasteiger charge is 2.17. The largest absolute Gasteiger partial charge is 0.372 e. The van der Waals surface area contributed by atoms with E-state index in [-0.39, 0.29) is 15.5 Å². The smallest absolute Gasteiger partial charge is 0.257 e. The fraction of sp³-hybridized carbons (Fsp3) is 0.278. The lowest BCUT2D eigenvalue weighted by molar-refractivity contribution is 0.102. The van der Waals surface area contributed by atoms with Gasteiger partial charge in [-0.1, -0.05) is 11.6 Å².